The van der Waals surface area contributed by atoms with E-state index in [2.05, 4.69) is 54.1 Å². The zero-order valence-corrected chi connectivity index (χ0v) is 13.3. The topological polar surface area (TPSA) is 69.9 Å². The van der Waals surface area contributed by atoms with E-state index < -0.39 is 0 Å². The molecule has 2 heterocycles. The second kappa shape index (κ2) is 5.77. The summed E-state index contributed by atoms with van der Waals surface area (Å²) in [6, 6.07) is 10.4. The molecular formula is C17H22N5+. The SMILES string of the molecule is Cc1cccc(-c2cc3nc(C)c(C)c(NCC[NH3+])n3n2)c1. The first-order chi connectivity index (χ1) is 10.6. The van der Waals surface area contributed by atoms with E-state index in [1.165, 1.54) is 5.56 Å². The first kappa shape index (κ1) is 14.5. The molecule has 0 aliphatic carbocycles. The molecule has 0 radical (unpaired) electrons. The van der Waals surface area contributed by atoms with Crippen LogP contribution in [0.25, 0.3) is 16.9 Å². The van der Waals surface area contributed by atoms with Gasteiger partial charge in [0.15, 0.2) is 5.65 Å². The molecule has 0 spiro atoms. The number of anilines is 1. The minimum Gasteiger partial charge on any atom is -0.364 e. The summed E-state index contributed by atoms with van der Waals surface area (Å²) in [5, 5.41) is 8.17. The number of aryl methyl sites for hydroxylation is 2. The standard InChI is InChI=1S/C17H21N5/c1-11-5-4-6-14(9-11)15-10-16-20-13(3)12(2)17(19-8-7-18)22(16)21-15/h4-6,9-10,19H,7-8,18H2,1-3H3/p+1. The van der Waals surface area contributed by atoms with Gasteiger partial charge in [-0.3, -0.25) is 0 Å². The highest BCUT2D eigenvalue weighted by Gasteiger charge is 2.13. The molecule has 0 bridgehead atoms. The molecule has 0 aliphatic rings. The van der Waals surface area contributed by atoms with Gasteiger partial charge in [-0.05, 0) is 26.8 Å². The summed E-state index contributed by atoms with van der Waals surface area (Å²) < 4.78 is 1.90. The molecule has 0 amide bonds. The monoisotopic (exact) mass is 296 g/mol. The molecule has 0 atom stereocenters. The largest absolute Gasteiger partial charge is 0.364 e. The Balaban J connectivity index is 2.16. The van der Waals surface area contributed by atoms with Crippen molar-refractivity contribution < 1.29 is 5.73 Å². The normalized spacial score (nSPS) is 11.1. The van der Waals surface area contributed by atoms with E-state index in [0.717, 1.165) is 47.1 Å². The van der Waals surface area contributed by atoms with E-state index >= 15 is 0 Å². The van der Waals surface area contributed by atoms with Crippen LogP contribution in [-0.2, 0) is 0 Å². The Hall–Kier alpha value is -2.40. The van der Waals surface area contributed by atoms with Gasteiger partial charge in [0.1, 0.15) is 5.82 Å². The predicted octanol–water partition coefficient (Wildman–Crippen LogP) is 1.98. The fraction of sp³-hybridized carbons (Fsp3) is 0.294. The number of rotatable bonds is 4. The van der Waals surface area contributed by atoms with Gasteiger partial charge in [-0.25, -0.2) is 4.98 Å². The molecule has 3 rings (SSSR count). The van der Waals surface area contributed by atoms with Crippen LogP contribution in [-0.4, -0.2) is 27.7 Å². The number of quaternary nitrogens is 1. The second-order valence-electron chi connectivity index (χ2n) is 5.62. The van der Waals surface area contributed by atoms with Crippen LogP contribution in [0.3, 0.4) is 0 Å². The fourth-order valence-corrected chi connectivity index (χ4v) is 2.56. The van der Waals surface area contributed by atoms with Gasteiger partial charge in [0, 0.05) is 22.9 Å². The van der Waals surface area contributed by atoms with Crippen molar-refractivity contribution in [1.82, 2.24) is 14.6 Å². The van der Waals surface area contributed by atoms with Crippen LogP contribution in [0.15, 0.2) is 30.3 Å². The van der Waals surface area contributed by atoms with Crippen LogP contribution in [0.4, 0.5) is 5.82 Å². The van der Waals surface area contributed by atoms with Gasteiger partial charge in [0.25, 0.3) is 0 Å². The first-order valence-electron chi connectivity index (χ1n) is 7.57. The molecule has 1 aromatic carbocycles. The molecule has 0 fully saturated rings. The van der Waals surface area contributed by atoms with Crippen LogP contribution in [0, 0.1) is 20.8 Å². The maximum atomic E-state index is 4.75. The molecule has 22 heavy (non-hydrogen) atoms. The van der Waals surface area contributed by atoms with Crippen molar-refractivity contribution in [2.45, 2.75) is 20.8 Å². The zero-order valence-electron chi connectivity index (χ0n) is 13.3. The molecule has 0 unspecified atom stereocenters. The maximum absolute atomic E-state index is 4.75. The maximum Gasteiger partial charge on any atom is 0.158 e. The van der Waals surface area contributed by atoms with Crippen molar-refractivity contribution in [1.29, 1.82) is 0 Å². The zero-order chi connectivity index (χ0) is 15.7. The van der Waals surface area contributed by atoms with Crippen molar-refractivity contribution >= 4 is 11.5 Å². The van der Waals surface area contributed by atoms with Crippen LogP contribution in [0.5, 0.6) is 0 Å². The fourth-order valence-electron chi connectivity index (χ4n) is 2.56. The Morgan fingerprint density at radius 3 is 2.73 bits per heavy atom. The smallest absolute Gasteiger partial charge is 0.158 e. The van der Waals surface area contributed by atoms with E-state index in [-0.39, 0.29) is 0 Å². The number of benzene rings is 1. The van der Waals surface area contributed by atoms with E-state index in [4.69, 9.17) is 5.10 Å². The van der Waals surface area contributed by atoms with E-state index in [0.29, 0.717) is 0 Å². The average molecular weight is 296 g/mol. The predicted molar refractivity (Wildman–Crippen MR) is 88.9 cm³/mol. The van der Waals surface area contributed by atoms with E-state index in [1.807, 2.05) is 17.5 Å². The lowest BCUT2D eigenvalue weighted by atomic mass is 10.1. The summed E-state index contributed by atoms with van der Waals surface area (Å²) in [4.78, 5) is 4.66. The quantitative estimate of drug-likeness (QED) is 0.773. The number of nitrogens with one attached hydrogen (secondary N) is 1. The number of hydrogen-bond acceptors (Lipinski definition) is 3. The van der Waals surface area contributed by atoms with Crippen molar-refractivity contribution in [3.63, 3.8) is 0 Å². The van der Waals surface area contributed by atoms with Gasteiger partial charge >= 0.3 is 0 Å². The Morgan fingerprint density at radius 1 is 1.18 bits per heavy atom. The van der Waals surface area contributed by atoms with E-state index in [1.54, 1.807) is 0 Å². The molecule has 2 aromatic heterocycles. The Labute approximate surface area is 130 Å². The van der Waals surface area contributed by atoms with Crippen LogP contribution < -0.4 is 11.1 Å². The highest BCUT2D eigenvalue weighted by atomic mass is 15.3. The number of nitrogens with zero attached hydrogens (tertiary/aromatic N) is 3. The van der Waals surface area contributed by atoms with Crippen molar-refractivity contribution in [3.05, 3.63) is 47.2 Å². The van der Waals surface area contributed by atoms with Crippen LogP contribution in [0.1, 0.15) is 16.8 Å². The minimum absolute atomic E-state index is 0.818. The lowest BCUT2D eigenvalue weighted by Crippen LogP contribution is -2.53. The number of hydrogen-bond donors (Lipinski definition) is 2. The van der Waals surface area contributed by atoms with Gasteiger partial charge in [0.2, 0.25) is 0 Å². The number of fused-ring (bicyclic) bond motifs is 1. The molecular weight excluding hydrogens is 274 g/mol. The summed E-state index contributed by atoms with van der Waals surface area (Å²) in [7, 11) is 0. The molecule has 0 saturated carbocycles. The molecule has 0 aliphatic heterocycles. The van der Waals surface area contributed by atoms with E-state index in [9.17, 15) is 0 Å². The average Bonchev–Trinajstić information content (AvgIpc) is 2.91. The number of aromatic nitrogens is 3. The third-order valence-corrected chi connectivity index (χ3v) is 3.87. The Kier molecular flexibility index (Phi) is 3.81. The third-order valence-electron chi connectivity index (χ3n) is 3.87. The lowest BCUT2D eigenvalue weighted by Gasteiger charge is -2.11. The van der Waals surface area contributed by atoms with Gasteiger partial charge in [0.05, 0.1) is 18.8 Å². The van der Waals surface area contributed by atoms with Crippen molar-refractivity contribution in [2.75, 3.05) is 18.4 Å². The third kappa shape index (κ3) is 2.55. The molecule has 4 N–H and O–H groups in total. The summed E-state index contributed by atoms with van der Waals surface area (Å²) in [5.74, 6) is 1.00. The molecule has 5 nitrogen and oxygen atoms in total. The van der Waals surface area contributed by atoms with Crippen LogP contribution in [0.2, 0.25) is 0 Å². The summed E-state index contributed by atoms with van der Waals surface area (Å²) in [5.41, 5.74) is 10.2. The molecule has 3 aromatic rings. The van der Waals surface area contributed by atoms with Gasteiger partial charge in [-0.15, -0.1) is 0 Å². The molecule has 0 saturated heterocycles. The van der Waals surface area contributed by atoms with Gasteiger partial charge in [-0.1, -0.05) is 23.8 Å². The highest BCUT2D eigenvalue weighted by molar-refractivity contribution is 5.67. The summed E-state index contributed by atoms with van der Waals surface area (Å²) in [6.07, 6.45) is 0. The van der Waals surface area contributed by atoms with Crippen molar-refractivity contribution in [2.24, 2.45) is 0 Å². The summed E-state index contributed by atoms with van der Waals surface area (Å²) >= 11 is 0. The minimum atomic E-state index is 0.818. The molecule has 114 valence electrons. The highest BCUT2D eigenvalue weighted by Crippen LogP contribution is 2.24. The Bertz CT molecular complexity index is 819. The second-order valence-corrected chi connectivity index (χ2v) is 5.62. The summed E-state index contributed by atoms with van der Waals surface area (Å²) in [6.45, 7) is 7.84. The van der Waals surface area contributed by atoms with Crippen LogP contribution >= 0.6 is 0 Å². The Morgan fingerprint density at radius 2 is 2.00 bits per heavy atom. The van der Waals surface area contributed by atoms with Gasteiger partial charge < -0.3 is 11.1 Å². The first-order valence-corrected chi connectivity index (χ1v) is 7.57. The van der Waals surface area contributed by atoms with Gasteiger partial charge in [-0.2, -0.15) is 9.61 Å². The lowest BCUT2D eigenvalue weighted by molar-refractivity contribution is -0.362. The molecule has 5 heteroatoms. The van der Waals surface area contributed by atoms with Crippen molar-refractivity contribution in [3.8, 4) is 11.3 Å².